The number of benzene rings is 8. The van der Waals surface area contributed by atoms with E-state index in [0.29, 0.717) is 0 Å². The molecule has 48 heavy (non-hydrogen) atoms. The average Bonchev–Trinajstić information content (AvgIpc) is 3.54. The third-order valence-electron chi connectivity index (χ3n) is 9.28. The molecule has 8 aromatic carbocycles. The minimum absolute atomic E-state index is 1.13. The smallest absolute Gasteiger partial charge is 0.0546 e. The van der Waals surface area contributed by atoms with E-state index in [2.05, 4.69) is 193 Å². The molecule has 0 N–H and O–H groups in total. The highest BCUT2D eigenvalue weighted by atomic mass is 32.1. The van der Waals surface area contributed by atoms with Crippen LogP contribution in [0.15, 0.2) is 188 Å². The van der Waals surface area contributed by atoms with Gasteiger partial charge in [-0.25, -0.2) is 0 Å². The lowest BCUT2D eigenvalue weighted by Crippen LogP contribution is -2.12. The van der Waals surface area contributed by atoms with Gasteiger partial charge in [-0.05, 0) is 69.6 Å². The zero-order chi connectivity index (χ0) is 31.9. The van der Waals surface area contributed by atoms with Gasteiger partial charge < -0.3 is 4.90 Å². The van der Waals surface area contributed by atoms with Crippen molar-refractivity contribution >= 4 is 59.3 Å². The molecule has 0 aliphatic carbocycles. The fourth-order valence-corrected chi connectivity index (χ4v) is 8.19. The molecule has 226 valence electrons. The summed E-state index contributed by atoms with van der Waals surface area (Å²) in [6.45, 7) is 0. The van der Waals surface area contributed by atoms with Crippen molar-refractivity contribution in [3.8, 4) is 33.4 Å². The fraction of sp³-hybridized carbons (Fsp3) is 0. The number of rotatable bonds is 6. The van der Waals surface area contributed by atoms with E-state index in [-0.39, 0.29) is 0 Å². The number of anilines is 3. The summed E-state index contributed by atoms with van der Waals surface area (Å²) >= 11 is 1.86. The Hall–Kier alpha value is -5.96. The number of hydrogen-bond acceptors (Lipinski definition) is 2. The Balaban J connectivity index is 1.40. The maximum atomic E-state index is 2.48. The van der Waals surface area contributed by atoms with Crippen LogP contribution in [-0.4, -0.2) is 0 Å². The molecule has 0 saturated heterocycles. The van der Waals surface area contributed by atoms with Gasteiger partial charge in [-0.3, -0.25) is 0 Å². The minimum Gasteiger partial charge on any atom is -0.309 e. The van der Waals surface area contributed by atoms with Crippen molar-refractivity contribution in [2.24, 2.45) is 0 Å². The van der Waals surface area contributed by atoms with Crippen molar-refractivity contribution in [2.75, 3.05) is 4.90 Å². The molecule has 0 radical (unpaired) electrons. The molecule has 9 aromatic rings. The quantitative estimate of drug-likeness (QED) is 0.177. The van der Waals surface area contributed by atoms with E-state index in [1.54, 1.807) is 0 Å². The lowest BCUT2D eigenvalue weighted by molar-refractivity contribution is 1.30. The zero-order valence-electron chi connectivity index (χ0n) is 26.3. The summed E-state index contributed by atoms with van der Waals surface area (Å²) in [5, 5.41) is 5.00. The predicted molar refractivity (Wildman–Crippen MR) is 208 cm³/mol. The van der Waals surface area contributed by atoms with Crippen molar-refractivity contribution in [1.82, 2.24) is 0 Å². The summed E-state index contributed by atoms with van der Waals surface area (Å²) in [4.78, 5) is 2.48. The predicted octanol–water partition coefficient (Wildman–Crippen LogP) is 13.7. The summed E-state index contributed by atoms with van der Waals surface area (Å²) in [5.41, 5.74) is 10.6. The maximum Gasteiger partial charge on any atom is 0.0546 e. The first kappa shape index (κ1) is 28.3. The van der Waals surface area contributed by atoms with Crippen molar-refractivity contribution in [2.45, 2.75) is 0 Å². The molecule has 1 nitrogen and oxygen atoms in total. The molecule has 0 fully saturated rings. The zero-order valence-corrected chi connectivity index (χ0v) is 27.1. The van der Waals surface area contributed by atoms with Gasteiger partial charge in [-0.15, -0.1) is 11.3 Å². The summed E-state index contributed by atoms with van der Waals surface area (Å²) in [5.74, 6) is 0. The van der Waals surface area contributed by atoms with E-state index in [1.165, 1.54) is 64.3 Å². The highest BCUT2D eigenvalue weighted by molar-refractivity contribution is 7.25. The van der Waals surface area contributed by atoms with E-state index >= 15 is 0 Å². The third kappa shape index (κ3) is 4.86. The maximum absolute atomic E-state index is 2.48. The Kier molecular flexibility index (Phi) is 7.07. The number of fused-ring (bicyclic) bond motifs is 4. The molecule has 0 amide bonds. The first-order valence-corrected chi connectivity index (χ1v) is 17.2. The van der Waals surface area contributed by atoms with E-state index in [0.717, 1.165) is 17.1 Å². The van der Waals surface area contributed by atoms with Crippen molar-refractivity contribution in [1.29, 1.82) is 0 Å². The molecule has 0 aliphatic heterocycles. The van der Waals surface area contributed by atoms with E-state index in [9.17, 15) is 0 Å². The molecule has 0 spiro atoms. The van der Waals surface area contributed by atoms with Gasteiger partial charge >= 0.3 is 0 Å². The molecule has 2 heteroatoms. The van der Waals surface area contributed by atoms with Crippen LogP contribution in [0.4, 0.5) is 17.1 Å². The molecule has 0 bridgehead atoms. The Morgan fingerprint density at radius 1 is 0.354 bits per heavy atom. The highest BCUT2D eigenvalue weighted by Crippen LogP contribution is 2.50. The summed E-state index contributed by atoms with van der Waals surface area (Å²) in [7, 11) is 0. The van der Waals surface area contributed by atoms with Crippen LogP contribution in [0.2, 0.25) is 0 Å². The molecule has 1 aromatic heterocycles. The first-order chi connectivity index (χ1) is 23.8. The monoisotopic (exact) mass is 629 g/mol. The molecule has 0 atom stereocenters. The second kappa shape index (κ2) is 12.0. The van der Waals surface area contributed by atoms with Crippen LogP contribution in [0.5, 0.6) is 0 Å². The molecular formula is C46H31NS. The lowest BCUT2D eigenvalue weighted by atomic mass is 9.87. The molecule has 0 saturated carbocycles. The second-order valence-corrected chi connectivity index (χ2v) is 13.2. The highest BCUT2D eigenvalue weighted by Gasteiger charge is 2.24. The van der Waals surface area contributed by atoms with Gasteiger partial charge in [0.15, 0.2) is 0 Å². The summed E-state index contributed by atoms with van der Waals surface area (Å²) < 4.78 is 2.61. The van der Waals surface area contributed by atoms with Crippen LogP contribution in [0.3, 0.4) is 0 Å². The first-order valence-electron chi connectivity index (χ1n) is 16.4. The van der Waals surface area contributed by atoms with Gasteiger partial charge in [0, 0.05) is 36.8 Å². The SMILES string of the molecule is c1ccc(-c2ccccc2-c2c(-c3ccccc3)cccc2N(c2ccc3sc4ccccc4c3c2)c2cccc3ccccc23)cc1. The molecular weight excluding hydrogens is 599 g/mol. The van der Waals surface area contributed by atoms with Crippen LogP contribution in [0.1, 0.15) is 0 Å². The lowest BCUT2D eigenvalue weighted by Gasteiger charge is -2.31. The molecule has 9 rings (SSSR count). The Bertz CT molecular complexity index is 2560. The average molecular weight is 630 g/mol. The third-order valence-corrected chi connectivity index (χ3v) is 10.4. The largest absolute Gasteiger partial charge is 0.309 e. The van der Waals surface area contributed by atoms with Gasteiger partial charge in [-0.2, -0.15) is 0 Å². The van der Waals surface area contributed by atoms with Crippen molar-refractivity contribution in [3.05, 3.63) is 188 Å². The van der Waals surface area contributed by atoms with Crippen LogP contribution >= 0.6 is 11.3 Å². The number of hydrogen-bond donors (Lipinski definition) is 0. The van der Waals surface area contributed by atoms with Crippen molar-refractivity contribution in [3.63, 3.8) is 0 Å². The standard InChI is InChI=1S/C46H31NS/c1-3-15-32(16-4-1)36-21-9-10-24-40(36)46-38(34-17-5-2-6-18-34)25-14-27-43(46)47(42-26-13-20-33-19-7-8-22-37(33)42)35-29-30-45-41(31-35)39-23-11-12-28-44(39)48-45/h1-31H. The second-order valence-electron chi connectivity index (χ2n) is 12.1. The molecule has 0 unspecified atom stereocenters. The molecule has 1 heterocycles. The Morgan fingerprint density at radius 2 is 0.917 bits per heavy atom. The van der Waals surface area contributed by atoms with Gasteiger partial charge in [0.05, 0.1) is 11.4 Å². The van der Waals surface area contributed by atoms with Gasteiger partial charge in [0.1, 0.15) is 0 Å². The minimum atomic E-state index is 1.13. The van der Waals surface area contributed by atoms with Crippen LogP contribution in [0.25, 0.3) is 64.3 Å². The Labute approximate surface area is 284 Å². The topological polar surface area (TPSA) is 3.24 Å². The Morgan fingerprint density at radius 3 is 1.73 bits per heavy atom. The van der Waals surface area contributed by atoms with E-state index in [4.69, 9.17) is 0 Å². The summed E-state index contributed by atoms with van der Waals surface area (Å²) in [6.07, 6.45) is 0. The van der Waals surface area contributed by atoms with Gasteiger partial charge in [0.2, 0.25) is 0 Å². The number of nitrogens with zero attached hydrogens (tertiary/aromatic N) is 1. The van der Waals surface area contributed by atoms with Crippen LogP contribution in [0, 0.1) is 0 Å². The van der Waals surface area contributed by atoms with E-state index in [1.807, 2.05) is 11.3 Å². The number of thiophene rings is 1. The summed E-state index contributed by atoms with van der Waals surface area (Å²) in [6, 6.07) is 68.3. The van der Waals surface area contributed by atoms with Crippen molar-refractivity contribution < 1.29 is 0 Å². The van der Waals surface area contributed by atoms with E-state index < -0.39 is 0 Å². The fourth-order valence-electron chi connectivity index (χ4n) is 7.10. The van der Waals surface area contributed by atoms with Crippen LogP contribution in [-0.2, 0) is 0 Å². The van der Waals surface area contributed by atoms with Crippen LogP contribution < -0.4 is 4.90 Å². The van der Waals surface area contributed by atoms with Gasteiger partial charge in [-0.1, -0.05) is 152 Å². The normalized spacial score (nSPS) is 11.3. The molecule has 0 aliphatic rings. The van der Waals surface area contributed by atoms with Gasteiger partial charge in [0.25, 0.3) is 0 Å².